The molecule has 1 heterocycles. The van der Waals surface area contributed by atoms with Gasteiger partial charge in [0.15, 0.2) is 5.16 Å². The van der Waals surface area contributed by atoms with Crippen molar-refractivity contribution in [2.45, 2.75) is 11.2 Å². The monoisotopic (exact) mass is 291 g/mol. The van der Waals surface area contributed by atoms with E-state index in [1.807, 2.05) is 31.3 Å². The van der Waals surface area contributed by atoms with Gasteiger partial charge in [0, 0.05) is 29.6 Å². The molecule has 0 bridgehead atoms. The van der Waals surface area contributed by atoms with E-state index in [0.29, 0.717) is 5.16 Å². The van der Waals surface area contributed by atoms with Crippen LogP contribution in [-0.4, -0.2) is 29.9 Å². The van der Waals surface area contributed by atoms with Crippen LogP contribution in [0, 0.1) is 0 Å². The molecular weight excluding hydrogens is 274 g/mol. The van der Waals surface area contributed by atoms with Crippen molar-refractivity contribution < 1.29 is 4.74 Å². The average molecular weight is 291 g/mol. The van der Waals surface area contributed by atoms with Crippen LogP contribution in [0.4, 0.5) is 0 Å². The number of nitrogens with zero attached hydrogens (tertiary/aromatic N) is 1. The maximum Gasteiger partial charge on any atom is 0.251 e. The van der Waals surface area contributed by atoms with E-state index in [1.165, 1.54) is 24.0 Å². The Morgan fingerprint density at radius 3 is 2.90 bits per heavy atom. The fourth-order valence-electron chi connectivity index (χ4n) is 1.87. The van der Waals surface area contributed by atoms with Gasteiger partial charge in [-0.25, -0.2) is 4.98 Å². The molecule has 0 saturated heterocycles. The van der Waals surface area contributed by atoms with Crippen molar-refractivity contribution >= 4 is 11.8 Å². The van der Waals surface area contributed by atoms with Gasteiger partial charge in [0.05, 0.1) is 7.11 Å². The number of H-pyrrole nitrogens is 1. The van der Waals surface area contributed by atoms with E-state index in [-0.39, 0.29) is 11.6 Å². The predicted octanol–water partition coefficient (Wildman–Crippen LogP) is 1.83. The molecule has 0 saturated carbocycles. The molecule has 0 amide bonds. The maximum atomic E-state index is 11.2. The lowest BCUT2D eigenvalue weighted by atomic mass is 10.1. The standard InChI is InChI=1S/C14H17N3O2S/c1-15-11(10-5-3-4-6-12(10)19-2)9-20-14-16-8-7-13(18)17-14/h3-8,11,15H,9H2,1-2H3,(H,16,17,18). The summed E-state index contributed by atoms with van der Waals surface area (Å²) in [4.78, 5) is 18.1. The zero-order valence-electron chi connectivity index (χ0n) is 11.4. The lowest BCUT2D eigenvalue weighted by Gasteiger charge is -2.18. The normalized spacial score (nSPS) is 12.1. The molecule has 0 aliphatic carbocycles. The zero-order valence-corrected chi connectivity index (χ0v) is 12.2. The first kappa shape index (κ1) is 14.6. The number of benzene rings is 1. The number of aromatic nitrogens is 2. The molecule has 2 rings (SSSR count). The molecule has 20 heavy (non-hydrogen) atoms. The van der Waals surface area contributed by atoms with E-state index in [9.17, 15) is 4.79 Å². The summed E-state index contributed by atoms with van der Waals surface area (Å²) in [5.41, 5.74) is 0.948. The fraction of sp³-hybridized carbons (Fsp3) is 0.286. The molecule has 0 aliphatic rings. The Bertz CT molecular complexity index is 615. The number of thioether (sulfide) groups is 1. The smallest absolute Gasteiger partial charge is 0.251 e. The maximum absolute atomic E-state index is 11.2. The highest BCUT2D eigenvalue weighted by Crippen LogP contribution is 2.28. The van der Waals surface area contributed by atoms with Crippen molar-refractivity contribution in [1.82, 2.24) is 15.3 Å². The van der Waals surface area contributed by atoms with Gasteiger partial charge in [0.25, 0.3) is 5.56 Å². The SMILES string of the molecule is CNC(CSc1nccc(=O)[nH]1)c1ccccc1OC. The van der Waals surface area contributed by atoms with E-state index in [1.54, 1.807) is 7.11 Å². The summed E-state index contributed by atoms with van der Waals surface area (Å²) >= 11 is 1.50. The minimum absolute atomic E-state index is 0.113. The van der Waals surface area contributed by atoms with Crippen LogP contribution >= 0.6 is 11.8 Å². The Morgan fingerprint density at radius 1 is 1.40 bits per heavy atom. The molecule has 0 fully saturated rings. The van der Waals surface area contributed by atoms with Gasteiger partial charge in [-0.2, -0.15) is 0 Å². The van der Waals surface area contributed by atoms with Gasteiger partial charge < -0.3 is 15.0 Å². The topological polar surface area (TPSA) is 67.0 Å². The predicted molar refractivity (Wildman–Crippen MR) is 80.4 cm³/mol. The summed E-state index contributed by atoms with van der Waals surface area (Å²) in [6, 6.07) is 9.41. The number of ether oxygens (including phenoxy) is 1. The molecule has 0 radical (unpaired) electrons. The van der Waals surface area contributed by atoms with Crippen LogP contribution in [0.1, 0.15) is 11.6 Å². The van der Waals surface area contributed by atoms with Gasteiger partial charge in [-0.1, -0.05) is 30.0 Å². The summed E-state index contributed by atoms with van der Waals surface area (Å²) in [6.07, 6.45) is 1.51. The molecule has 2 aromatic rings. The number of para-hydroxylation sites is 1. The van der Waals surface area contributed by atoms with E-state index in [4.69, 9.17) is 4.74 Å². The van der Waals surface area contributed by atoms with Crippen LogP contribution in [-0.2, 0) is 0 Å². The highest BCUT2D eigenvalue weighted by molar-refractivity contribution is 7.99. The van der Waals surface area contributed by atoms with Gasteiger partial charge in [-0.3, -0.25) is 4.79 Å². The van der Waals surface area contributed by atoms with Crippen molar-refractivity contribution in [3.63, 3.8) is 0 Å². The summed E-state index contributed by atoms with van der Waals surface area (Å²) < 4.78 is 5.38. The van der Waals surface area contributed by atoms with Crippen LogP contribution in [0.2, 0.25) is 0 Å². The second kappa shape index (κ2) is 7.12. The summed E-state index contributed by atoms with van der Waals surface area (Å²) in [6.45, 7) is 0. The van der Waals surface area contributed by atoms with Gasteiger partial charge >= 0.3 is 0 Å². The third kappa shape index (κ3) is 3.61. The quantitative estimate of drug-likeness (QED) is 0.628. The second-order valence-corrected chi connectivity index (χ2v) is 5.14. The number of methoxy groups -OCH3 is 1. The number of hydrogen-bond donors (Lipinski definition) is 2. The molecule has 1 atom stereocenters. The third-order valence-electron chi connectivity index (χ3n) is 2.90. The van der Waals surface area contributed by atoms with Crippen LogP contribution in [0.3, 0.4) is 0 Å². The van der Waals surface area contributed by atoms with Crippen molar-refractivity contribution in [2.75, 3.05) is 19.9 Å². The van der Waals surface area contributed by atoms with Crippen LogP contribution < -0.4 is 15.6 Å². The van der Waals surface area contributed by atoms with Crippen LogP contribution in [0.5, 0.6) is 5.75 Å². The largest absolute Gasteiger partial charge is 0.496 e. The Morgan fingerprint density at radius 2 is 2.20 bits per heavy atom. The molecule has 0 spiro atoms. The first-order valence-electron chi connectivity index (χ1n) is 6.23. The zero-order chi connectivity index (χ0) is 14.4. The third-order valence-corrected chi connectivity index (χ3v) is 3.88. The highest BCUT2D eigenvalue weighted by Gasteiger charge is 2.14. The highest BCUT2D eigenvalue weighted by atomic mass is 32.2. The lowest BCUT2D eigenvalue weighted by Crippen LogP contribution is -2.20. The molecule has 6 heteroatoms. The molecule has 1 unspecified atom stereocenters. The molecule has 106 valence electrons. The van der Waals surface area contributed by atoms with Crippen molar-refractivity contribution in [3.05, 3.63) is 52.4 Å². The minimum atomic E-state index is -0.138. The van der Waals surface area contributed by atoms with E-state index >= 15 is 0 Å². The Labute approximate surface area is 121 Å². The first-order valence-corrected chi connectivity index (χ1v) is 7.21. The van der Waals surface area contributed by atoms with Crippen molar-refractivity contribution in [2.24, 2.45) is 0 Å². The van der Waals surface area contributed by atoms with Gasteiger partial charge in [0.1, 0.15) is 5.75 Å². The van der Waals surface area contributed by atoms with E-state index in [2.05, 4.69) is 15.3 Å². The van der Waals surface area contributed by atoms with Gasteiger partial charge in [-0.15, -0.1) is 0 Å². The van der Waals surface area contributed by atoms with Crippen molar-refractivity contribution in [3.8, 4) is 5.75 Å². The Hall–Kier alpha value is -1.79. The van der Waals surface area contributed by atoms with Crippen LogP contribution in [0.15, 0.2) is 46.5 Å². The second-order valence-electron chi connectivity index (χ2n) is 4.13. The van der Waals surface area contributed by atoms with E-state index < -0.39 is 0 Å². The van der Waals surface area contributed by atoms with Gasteiger partial charge in [-0.05, 0) is 13.1 Å². The average Bonchev–Trinajstić information content (AvgIpc) is 2.48. The fourth-order valence-corrected chi connectivity index (χ4v) is 2.85. The minimum Gasteiger partial charge on any atom is -0.496 e. The molecule has 1 aromatic carbocycles. The molecule has 5 nitrogen and oxygen atoms in total. The molecule has 0 aliphatic heterocycles. The van der Waals surface area contributed by atoms with Crippen molar-refractivity contribution in [1.29, 1.82) is 0 Å². The number of rotatable bonds is 6. The molecule has 1 aromatic heterocycles. The summed E-state index contributed by atoms with van der Waals surface area (Å²) in [5.74, 6) is 1.59. The summed E-state index contributed by atoms with van der Waals surface area (Å²) in [7, 11) is 3.56. The summed E-state index contributed by atoms with van der Waals surface area (Å²) in [5, 5.41) is 3.88. The van der Waals surface area contributed by atoms with Gasteiger partial charge in [0.2, 0.25) is 0 Å². The van der Waals surface area contributed by atoms with E-state index in [0.717, 1.165) is 17.1 Å². The molecule has 2 N–H and O–H groups in total. The van der Waals surface area contributed by atoms with Crippen LogP contribution in [0.25, 0.3) is 0 Å². The number of aromatic amines is 1. The number of hydrogen-bond acceptors (Lipinski definition) is 5. The Kier molecular flexibility index (Phi) is 5.20. The first-order chi connectivity index (χ1) is 9.74. The molecular formula is C14H17N3O2S. The Balaban J connectivity index is 2.11. The lowest BCUT2D eigenvalue weighted by molar-refractivity contribution is 0.404. The number of nitrogens with one attached hydrogen (secondary N) is 2.